The molecule has 156 valence electrons. The molecular weight excluding hydrogens is 449 g/mol. The number of carbonyl (C=O) groups excluding carboxylic acids is 1. The van der Waals surface area contributed by atoms with Crippen LogP contribution in [0.15, 0.2) is 58.8 Å². The van der Waals surface area contributed by atoms with E-state index in [1.165, 1.54) is 27.8 Å². The van der Waals surface area contributed by atoms with E-state index in [9.17, 15) is 17.6 Å². The highest BCUT2D eigenvalue weighted by atomic mass is 35.5. The molecule has 1 saturated heterocycles. The first-order valence-corrected chi connectivity index (χ1v) is 11.8. The lowest BCUT2D eigenvalue weighted by molar-refractivity contribution is 0.0693. The van der Waals surface area contributed by atoms with Gasteiger partial charge in [0.05, 0.1) is 4.90 Å². The van der Waals surface area contributed by atoms with Gasteiger partial charge in [0.15, 0.2) is 0 Å². The highest BCUT2D eigenvalue weighted by molar-refractivity contribution is 7.89. The Morgan fingerprint density at radius 3 is 2.27 bits per heavy atom. The molecule has 1 amide bonds. The van der Waals surface area contributed by atoms with Gasteiger partial charge in [-0.3, -0.25) is 4.79 Å². The van der Waals surface area contributed by atoms with Crippen molar-refractivity contribution >= 4 is 38.9 Å². The normalized spacial score (nSPS) is 15.3. The Labute approximate surface area is 182 Å². The minimum atomic E-state index is -3.72. The summed E-state index contributed by atoms with van der Waals surface area (Å²) in [5.41, 5.74) is 1.21. The number of rotatable bonds is 4. The number of halogens is 2. The van der Waals surface area contributed by atoms with Crippen molar-refractivity contribution in [1.29, 1.82) is 0 Å². The number of carbonyl (C=O) groups is 1. The number of hydrogen-bond donors (Lipinski definition) is 0. The number of sulfonamides is 1. The molecule has 0 radical (unpaired) electrons. The first-order chi connectivity index (χ1) is 14.3. The molecular formula is C20H17ClFN3O3S2. The van der Waals surface area contributed by atoms with Crippen LogP contribution in [-0.2, 0) is 10.0 Å². The third-order valence-corrected chi connectivity index (χ3v) is 7.85. The van der Waals surface area contributed by atoms with Crippen molar-refractivity contribution in [2.45, 2.75) is 4.90 Å². The largest absolute Gasteiger partial charge is 0.335 e. The molecule has 1 aromatic heterocycles. The molecule has 2 heterocycles. The van der Waals surface area contributed by atoms with E-state index in [2.05, 4.69) is 4.98 Å². The van der Waals surface area contributed by atoms with Crippen LogP contribution in [0.1, 0.15) is 10.5 Å². The first-order valence-electron chi connectivity index (χ1n) is 9.11. The van der Waals surface area contributed by atoms with Gasteiger partial charge in [0, 0.05) is 42.1 Å². The maximum Gasteiger partial charge on any atom is 0.273 e. The number of aromatic nitrogens is 1. The maximum atomic E-state index is 13.1. The summed E-state index contributed by atoms with van der Waals surface area (Å²) in [5, 5.41) is 3.04. The van der Waals surface area contributed by atoms with E-state index >= 15 is 0 Å². The maximum absolute atomic E-state index is 13.1. The van der Waals surface area contributed by atoms with E-state index in [0.29, 0.717) is 15.7 Å². The fourth-order valence-electron chi connectivity index (χ4n) is 3.15. The summed E-state index contributed by atoms with van der Waals surface area (Å²) < 4.78 is 39.8. The predicted octanol–water partition coefficient (Wildman–Crippen LogP) is 3.75. The molecule has 10 heteroatoms. The Morgan fingerprint density at radius 1 is 1.00 bits per heavy atom. The summed E-state index contributed by atoms with van der Waals surface area (Å²) in [4.78, 5) is 18.9. The summed E-state index contributed by atoms with van der Waals surface area (Å²) in [7, 11) is -3.72. The quantitative estimate of drug-likeness (QED) is 0.588. The van der Waals surface area contributed by atoms with Crippen LogP contribution in [0.2, 0.25) is 5.02 Å². The molecule has 1 fully saturated rings. The molecule has 30 heavy (non-hydrogen) atoms. The van der Waals surface area contributed by atoms with Crippen molar-refractivity contribution in [1.82, 2.24) is 14.2 Å². The van der Waals surface area contributed by atoms with E-state index < -0.39 is 15.8 Å². The zero-order chi connectivity index (χ0) is 21.3. The molecule has 0 bridgehead atoms. The molecule has 4 rings (SSSR count). The van der Waals surface area contributed by atoms with Crippen molar-refractivity contribution in [3.05, 3.63) is 70.4 Å². The van der Waals surface area contributed by atoms with Gasteiger partial charge < -0.3 is 4.90 Å². The van der Waals surface area contributed by atoms with Crippen LogP contribution in [0, 0.1) is 5.82 Å². The van der Waals surface area contributed by atoms with Crippen LogP contribution in [0.25, 0.3) is 10.6 Å². The van der Waals surface area contributed by atoms with Gasteiger partial charge in [0.25, 0.3) is 5.91 Å². The number of benzene rings is 2. The zero-order valence-electron chi connectivity index (χ0n) is 15.7. The van der Waals surface area contributed by atoms with Crippen LogP contribution < -0.4 is 0 Å². The lowest BCUT2D eigenvalue weighted by Crippen LogP contribution is -2.50. The van der Waals surface area contributed by atoms with Crippen LogP contribution in [0.3, 0.4) is 0 Å². The number of amides is 1. The van der Waals surface area contributed by atoms with E-state index in [0.717, 1.165) is 17.7 Å². The second-order valence-corrected chi connectivity index (χ2v) is 9.93. The summed E-state index contributed by atoms with van der Waals surface area (Å²) >= 11 is 7.27. The zero-order valence-corrected chi connectivity index (χ0v) is 18.1. The number of piperazine rings is 1. The van der Waals surface area contributed by atoms with E-state index in [1.807, 2.05) is 12.1 Å². The average Bonchev–Trinajstić information content (AvgIpc) is 3.24. The molecule has 0 atom stereocenters. The number of hydrogen-bond acceptors (Lipinski definition) is 5. The van der Waals surface area contributed by atoms with Gasteiger partial charge in [-0.25, -0.2) is 17.8 Å². The van der Waals surface area contributed by atoms with Crippen LogP contribution in [-0.4, -0.2) is 54.7 Å². The van der Waals surface area contributed by atoms with E-state index in [-0.39, 0.29) is 37.0 Å². The SMILES string of the molecule is O=C(c1csc(-c2ccc(Cl)cc2)n1)N1CCN(S(=O)(=O)c2ccc(F)cc2)CC1. The van der Waals surface area contributed by atoms with Gasteiger partial charge in [0.1, 0.15) is 16.5 Å². The fourth-order valence-corrected chi connectivity index (χ4v) is 5.49. The predicted molar refractivity (Wildman–Crippen MR) is 114 cm³/mol. The van der Waals surface area contributed by atoms with E-state index in [1.54, 1.807) is 22.4 Å². The second-order valence-electron chi connectivity index (χ2n) is 6.69. The van der Waals surface area contributed by atoms with Crippen LogP contribution in [0.4, 0.5) is 4.39 Å². The first kappa shape index (κ1) is 20.9. The lowest BCUT2D eigenvalue weighted by Gasteiger charge is -2.33. The molecule has 0 spiro atoms. The number of nitrogens with zero attached hydrogens (tertiary/aromatic N) is 3. The molecule has 3 aromatic rings. The molecule has 1 aliphatic heterocycles. The van der Waals surface area contributed by atoms with Crippen LogP contribution >= 0.6 is 22.9 Å². The van der Waals surface area contributed by atoms with Gasteiger partial charge in [-0.2, -0.15) is 4.31 Å². The standard InChI is InChI=1S/C20H17ClFN3O3S2/c21-15-3-1-14(2-4-15)19-23-18(13-29-19)20(26)24-9-11-25(12-10-24)30(27,28)17-7-5-16(22)6-8-17/h1-8,13H,9-12H2. The molecule has 1 aliphatic rings. The average molecular weight is 466 g/mol. The summed E-state index contributed by atoms with van der Waals surface area (Å²) in [6, 6.07) is 11.9. The highest BCUT2D eigenvalue weighted by Gasteiger charge is 2.31. The second kappa shape index (κ2) is 8.43. The third-order valence-electron chi connectivity index (χ3n) is 4.79. The Bertz CT molecular complexity index is 1160. The molecule has 0 saturated carbocycles. The molecule has 0 unspecified atom stereocenters. The number of thiazole rings is 1. The fraction of sp³-hybridized carbons (Fsp3) is 0.200. The molecule has 0 N–H and O–H groups in total. The Morgan fingerprint density at radius 2 is 1.63 bits per heavy atom. The van der Waals surface area contributed by atoms with Crippen LogP contribution in [0.5, 0.6) is 0 Å². The van der Waals surface area contributed by atoms with Gasteiger partial charge >= 0.3 is 0 Å². The Kier molecular flexibility index (Phi) is 5.88. The summed E-state index contributed by atoms with van der Waals surface area (Å²) in [6.45, 7) is 0.847. The van der Waals surface area contributed by atoms with Gasteiger partial charge in [0.2, 0.25) is 10.0 Å². The van der Waals surface area contributed by atoms with Crippen molar-refractivity contribution in [3.63, 3.8) is 0 Å². The monoisotopic (exact) mass is 465 g/mol. The van der Waals surface area contributed by atoms with Crippen molar-refractivity contribution in [3.8, 4) is 10.6 Å². The molecule has 2 aromatic carbocycles. The lowest BCUT2D eigenvalue weighted by atomic mass is 10.2. The minimum Gasteiger partial charge on any atom is -0.335 e. The highest BCUT2D eigenvalue weighted by Crippen LogP contribution is 2.26. The summed E-state index contributed by atoms with van der Waals surface area (Å²) in [6.07, 6.45) is 0. The smallest absolute Gasteiger partial charge is 0.273 e. The topological polar surface area (TPSA) is 70.6 Å². The third kappa shape index (κ3) is 4.24. The molecule has 0 aliphatic carbocycles. The van der Waals surface area contributed by atoms with E-state index in [4.69, 9.17) is 11.6 Å². The Balaban J connectivity index is 1.42. The van der Waals surface area contributed by atoms with Gasteiger partial charge in [-0.1, -0.05) is 23.7 Å². The van der Waals surface area contributed by atoms with Crippen molar-refractivity contribution < 1.29 is 17.6 Å². The van der Waals surface area contributed by atoms with Crippen molar-refractivity contribution in [2.24, 2.45) is 0 Å². The Hall–Kier alpha value is -2.33. The summed E-state index contributed by atoms with van der Waals surface area (Å²) in [5.74, 6) is -0.726. The van der Waals surface area contributed by atoms with Gasteiger partial charge in [-0.15, -0.1) is 11.3 Å². The van der Waals surface area contributed by atoms with Gasteiger partial charge in [-0.05, 0) is 36.4 Å². The molecule has 6 nitrogen and oxygen atoms in total. The minimum absolute atomic E-state index is 0.0378. The van der Waals surface area contributed by atoms with Crippen molar-refractivity contribution in [2.75, 3.05) is 26.2 Å².